The number of fused-ring (bicyclic) bond motifs is 1. The number of hydrogen-bond donors (Lipinski definition) is 1. The summed E-state index contributed by atoms with van der Waals surface area (Å²) in [6, 6.07) is 11.1. The first-order chi connectivity index (χ1) is 14.8. The summed E-state index contributed by atoms with van der Waals surface area (Å²) < 4.78 is 28.4. The molecule has 0 aliphatic rings. The van der Waals surface area contributed by atoms with Crippen molar-refractivity contribution >= 4 is 33.3 Å². The van der Waals surface area contributed by atoms with Crippen LogP contribution < -0.4 is 5.32 Å². The summed E-state index contributed by atoms with van der Waals surface area (Å²) in [5.74, 6) is 1.21. The molecule has 166 valence electrons. The second kappa shape index (κ2) is 9.80. The summed E-state index contributed by atoms with van der Waals surface area (Å²) in [4.78, 5) is 13.1. The number of thioether (sulfide) groups is 1. The maximum atomic E-state index is 12.9. The van der Waals surface area contributed by atoms with Gasteiger partial charge in [-0.05, 0) is 68.7 Å². The van der Waals surface area contributed by atoms with Crippen molar-refractivity contribution in [3.05, 3.63) is 60.0 Å². The fourth-order valence-electron chi connectivity index (χ4n) is 3.06. The van der Waals surface area contributed by atoms with Crippen molar-refractivity contribution < 1.29 is 13.2 Å². The monoisotopic (exact) mass is 461 g/mol. The minimum absolute atomic E-state index is 0.155. The van der Waals surface area contributed by atoms with Gasteiger partial charge in [0.2, 0.25) is 10.0 Å². The van der Waals surface area contributed by atoms with Crippen LogP contribution in [-0.4, -0.2) is 58.3 Å². The van der Waals surface area contributed by atoms with Crippen LogP contribution >= 0.6 is 11.8 Å². The first kappa shape index (κ1) is 23.2. The lowest BCUT2D eigenvalue weighted by atomic mass is 10.1. The lowest BCUT2D eigenvalue weighted by Crippen LogP contribution is -2.33. The summed E-state index contributed by atoms with van der Waals surface area (Å²) in [7, 11) is -2.06. The van der Waals surface area contributed by atoms with Crippen LogP contribution in [0.4, 0.5) is 0 Å². The fraction of sp³-hybridized carbons (Fsp3) is 0.381. The molecule has 2 aromatic heterocycles. The van der Waals surface area contributed by atoms with E-state index in [-0.39, 0.29) is 22.9 Å². The van der Waals surface area contributed by atoms with E-state index in [4.69, 9.17) is 0 Å². The van der Waals surface area contributed by atoms with E-state index in [0.717, 1.165) is 5.75 Å². The van der Waals surface area contributed by atoms with Gasteiger partial charge in [-0.2, -0.15) is 16.1 Å². The van der Waals surface area contributed by atoms with Crippen molar-refractivity contribution in [3.8, 4) is 0 Å². The highest BCUT2D eigenvalue weighted by Crippen LogP contribution is 2.20. The number of rotatable bonds is 9. The Hall–Kier alpha value is -2.43. The SMILES string of the molecule is CSCCC(NC(=O)c1ccc(S(=O)(=O)N(C)C(C)C)cc1)c1nnc2ccccn12. The van der Waals surface area contributed by atoms with Crippen LogP contribution in [0.15, 0.2) is 53.6 Å². The van der Waals surface area contributed by atoms with Gasteiger partial charge in [-0.15, -0.1) is 10.2 Å². The summed E-state index contributed by atoms with van der Waals surface area (Å²) >= 11 is 1.69. The zero-order chi connectivity index (χ0) is 22.6. The van der Waals surface area contributed by atoms with Crippen LogP contribution in [0.5, 0.6) is 0 Å². The number of hydrogen-bond acceptors (Lipinski definition) is 6. The van der Waals surface area contributed by atoms with Gasteiger partial charge < -0.3 is 5.32 Å². The molecule has 0 fully saturated rings. The number of sulfonamides is 1. The molecule has 3 aromatic rings. The molecule has 2 heterocycles. The third kappa shape index (κ3) is 5.08. The van der Waals surface area contributed by atoms with E-state index in [1.54, 1.807) is 18.8 Å². The van der Waals surface area contributed by atoms with E-state index in [1.807, 2.05) is 48.9 Å². The molecule has 1 unspecified atom stereocenters. The molecule has 1 atom stereocenters. The van der Waals surface area contributed by atoms with Gasteiger partial charge in [0.05, 0.1) is 10.9 Å². The first-order valence-electron chi connectivity index (χ1n) is 9.93. The minimum Gasteiger partial charge on any atom is -0.342 e. The highest BCUT2D eigenvalue weighted by Gasteiger charge is 2.24. The molecule has 0 spiro atoms. The maximum Gasteiger partial charge on any atom is 0.251 e. The zero-order valence-electron chi connectivity index (χ0n) is 18.0. The number of nitrogens with one attached hydrogen (secondary N) is 1. The molecule has 0 aliphatic heterocycles. The van der Waals surface area contributed by atoms with E-state index in [0.29, 0.717) is 23.5 Å². The van der Waals surface area contributed by atoms with E-state index in [1.165, 1.54) is 28.6 Å². The average Bonchev–Trinajstić information content (AvgIpc) is 3.20. The molecule has 0 radical (unpaired) electrons. The number of nitrogens with zero attached hydrogens (tertiary/aromatic N) is 4. The number of pyridine rings is 1. The van der Waals surface area contributed by atoms with E-state index in [9.17, 15) is 13.2 Å². The van der Waals surface area contributed by atoms with Crippen LogP contribution in [0.25, 0.3) is 5.65 Å². The third-order valence-corrected chi connectivity index (χ3v) is 7.78. The number of carbonyl (C=O) groups excluding carboxylic acids is 1. The highest BCUT2D eigenvalue weighted by molar-refractivity contribution is 7.98. The maximum absolute atomic E-state index is 12.9. The molecule has 0 bridgehead atoms. The summed E-state index contributed by atoms with van der Waals surface area (Å²) in [6.07, 6.45) is 4.57. The van der Waals surface area contributed by atoms with Crippen LogP contribution in [0.3, 0.4) is 0 Å². The number of carbonyl (C=O) groups is 1. The zero-order valence-corrected chi connectivity index (χ0v) is 19.7. The highest BCUT2D eigenvalue weighted by atomic mass is 32.2. The lowest BCUT2D eigenvalue weighted by molar-refractivity contribution is 0.0933. The Balaban J connectivity index is 1.82. The van der Waals surface area contributed by atoms with Crippen molar-refractivity contribution in [2.45, 2.75) is 37.2 Å². The normalized spacial score (nSPS) is 13.1. The van der Waals surface area contributed by atoms with Crippen LogP contribution in [0.2, 0.25) is 0 Å². The molecular weight excluding hydrogens is 434 g/mol. The molecule has 1 aromatic carbocycles. The van der Waals surface area contributed by atoms with Gasteiger partial charge in [0.15, 0.2) is 11.5 Å². The third-order valence-electron chi connectivity index (χ3n) is 5.09. The predicted molar refractivity (Wildman–Crippen MR) is 123 cm³/mol. The Kier molecular flexibility index (Phi) is 7.34. The van der Waals surface area contributed by atoms with Crippen molar-refractivity contribution in [1.82, 2.24) is 24.2 Å². The second-order valence-electron chi connectivity index (χ2n) is 7.43. The number of aromatic nitrogens is 3. The second-order valence-corrected chi connectivity index (χ2v) is 10.4. The van der Waals surface area contributed by atoms with Crippen molar-refractivity contribution in [2.24, 2.45) is 0 Å². The van der Waals surface area contributed by atoms with E-state index >= 15 is 0 Å². The van der Waals surface area contributed by atoms with Gasteiger partial charge in [-0.1, -0.05) is 6.07 Å². The quantitative estimate of drug-likeness (QED) is 0.526. The first-order valence-corrected chi connectivity index (χ1v) is 12.8. The molecule has 31 heavy (non-hydrogen) atoms. The van der Waals surface area contributed by atoms with Crippen LogP contribution in [0.1, 0.15) is 42.5 Å². The molecule has 0 saturated heterocycles. The Morgan fingerprint density at radius 1 is 1.16 bits per heavy atom. The smallest absolute Gasteiger partial charge is 0.251 e. The van der Waals surface area contributed by atoms with Gasteiger partial charge in [-0.25, -0.2) is 8.42 Å². The largest absolute Gasteiger partial charge is 0.342 e. The van der Waals surface area contributed by atoms with Crippen LogP contribution in [-0.2, 0) is 10.0 Å². The molecular formula is C21H27N5O3S2. The van der Waals surface area contributed by atoms with Crippen molar-refractivity contribution in [1.29, 1.82) is 0 Å². The topological polar surface area (TPSA) is 96.7 Å². The molecule has 3 rings (SSSR count). The molecule has 8 nitrogen and oxygen atoms in total. The molecule has 0 saturated carbocycles. The Morgan fingerprint density at radius 3 is 2.52 bits per heavy atom. The lowest BCUT2D eigenvalue weighted by Gasteiger charge is -2.21. The summed E-state index contributed by atoms with van der Waals surface area (Å²) in [5, 5.41) is 11.5. The average molecular weight is 462 g/mol. The molecule has 1 N–H and O–H groups in total. The minimum atomic E-state index is -3.60. The van der Waals surface area contributed by atoms with Gasteiger partial charge in [-0.3, -0.25) is 9.20 Å². The van der Waals surface area contributed by atoms with E-state index in [2.05, 4.69) is 15.5 Å². The standard InChI is InChI=1S/C21H27N5O3S2/c1-15(2)25(3)31(28,29)17-10-8-16(9-11-17)21(27)22-18(12-14-30-4)20-24-23-19-7-5-6-13-26(19)20/h5-11,13,15,18H,12,14H2,1-4H3,(H,22,27). The Morgan fingerprint density at radius 2 is 1.87 bits per heavy atom. The Labute approximate surface area is 187 Å². The Bertz CT molecular complexity index is 1140. The molecule has 1 amide bonds. The fourth-order valence-corrected chi connectivity index (χ4v) is 4.90. The molecule has 0 aliphatic carbocycles. The van der Waals surface area contributed by atoms with Gasteiger partial charge in [0.25, 0.3) is 5.91 Å². The summed E-state index contributed by atoms with van der Waals surface area (Å²) in [6.45, 7) is 3.62. The summed E-state index contributed by atoms with van der Waals surface area (Å²) in [5.41, 5.74) is 1.10. The number of benzene rings is 1. The van der Waals surface area contributed by atoms with Crippen molar-refractivity contribution in [3.63, 3.8) is 0 Å². The van der Waals surface area contributed by atoms with Gasteiger partial charge in [0, 0.05) is 24.8 Å². The van der Waals surface area contributed by atoms with Gasteiger partial charge >= 0.3 is 0 Å². The number of amides is 1. The van der Waals surface area contributed by atoms with Crippen molar-refractivity contribution in [2.75, 3.05) is 19.1 Å². The van der Waals surface area contributed by atoms with Gasteiger partial charge in [0.1, 0.15) is 0 Å². The van der Waals surface area contributed by atoms with E-state index < -0.39 is 10.0 Å². The van der Waals surface area contributed by atoms with Crippen LogP contribution in [0, 0.1) is 0 Å². The molecule has 10 heteroatoms. The predicted octanol–water partition coefficient (Wildman–Crippen LogP) is 2.98.